The van der Waals surface area contributed by atoms with E-state index in [0.717, 1.165) is 39.0 Å². The van der Waals surface area contributed by atoms with E-state index in [2.05, 4.69) is 187 Å². The number of furan rings is 1. The second-order valence-electron chi connectivity index (χ2n) is 13.6. The molecule has 0 saturated carbocycles. The number of nitrogens with zero attached hydrogens (tertiary/aromatic N) is 1. The van der Waals surface area contributed by atoms with Crippen LogP contribution in [0.3, 0.4) is 0 Å². The molecule has 1 aliphatic rings. The molecule has 10 aromatic rings. The van der Waals surface area contributed by atoms with Crippen molar-refractivity contribution in [2.75, 3.05) is 4.90 Å². The molecule has 244 valence electrons. The molecule has 11 rings (SSSR count). The molecule has 0 N–H and O–H groups in total. The topological polar surface area (TPSA) is 16.4 Å². The molecule has 2 aromatic heterocycles. The number of rotatable bonds is 5. The highest BCUT2D eigenvalue weighted by Crippen LogP contribution is 2.59. The van der Waals surface area contributed by atoms with Crippen molar-refractivity contribution < 1.29 is 4.42 Å². The molecule has 0 fully saturated rings. The van der Waals surface area contributed by atoms with Crippen molar-refractivity contribution in [1.29, 1.82) is 0 Å². The minimum absolute atomic E-state index is 0.494. The van der Waals surface area contributed by atoms with Gasteiger partial charge in [0.15, 0.2) is 0 Å². The Hall–Kier alpha value is -6.42. The summed E-state index contributed by atoms with van der Waals surface area (Å²) >= 11 is 1.85. The van der Waals surface area contributed by atoms with Gasteiger partial charge in [0, 0.05) is 53.9 Å². The summed E-state index contributed by atoms with van der Waals surface area (Å²) in [7, 11) is 0. The lowest BCUT2D eigenvalue weighted by Crippen LogP contribution is -2.28. The number of anilines is 3. The normalized spacial score (nSPS) is 13.2. The maximum atomic E-state index is 6.50. The average Bonchev–Trinajstić information content (AvgIpc) is 3.87. The van der Waals surface area contributed by atoms with E-state index in [1.165, 1.54) is 53.6 Å². The van der Waals surface area contributed by atoms with Crippen LogP contribution >= 0.6 is 11.3 Å². The van der Waals surface area contributed by atoms with Crippen LogP contribution in [0, 0.1) is 0 Å². The molecule has 0 saturated heterocycles. The Bertz CT molecular complexity index is 2930. The second-order valence-corrected chi connectivity index (χ2v) is 14.7. The molecule has 0 atom stereocenters. The summed E-state index contributed by atoms with van der Waals surface area (Å²) in [6, 6.07) is 68.6. The van der Waals surface area contributed by atoms with Gasteiger partial charge in [-0.3, -0.25) is 0 Å². The molecule has 1 aliphatic carbocycles. The van der Waals surface area contributed by atoms with Gasteiger partial charge in [0.2, 0.25) is 0 Å². The molecule has 2 nitrogen and oxygen atoms in total. The summed E-state index contributed by atoms with van der Waals surface area (Å²) in [6.45, 7) is 0. The minimum atomic E-state index is -0.494. The fourth-order valence-corrected chi connectivity index (χ4v) is 9.88. The van der Waals surface area contributed by atoms with Crippen molar-refractivity contribution in [3.63, 3.8) is 0 Å². The monoisotopic (exact) mass is 681 g/mol. The highest BCUT2D eigenvalue weighted by Gasteiger charge is 2.47. The Morgan fingerprint density at radius 2 is 1.04 bits per heavy atom. The van der Waals surface area contributed by atoms with Crippen LogP contribution in [0.4, 0.5) is 17.1 Å². The van der Waals surface area contributed by atoms with Crippen LogP contribution in [0.1, 0.15) is 22.3 Å². The smallest absolute Gasteiger partial charge is 0.137 e. The third-order valence-corrected chi connectivity index (χ3v) is 12.1. The van der Waals surface area contributed by atoms with Crippen LogP contribution in [-0.4, -0.2) is 0 Å². The van der Waals surface area contributed by atoms with Crippen molar-refractivity contribution in [1.82, 2.24) is 0 Å². The Kier molecular flexibility index (Phi) is 6.37. The van der Waals surface area contributed by atoms with E-state index in [4.69, 9.17) is 4.42 Å². The summed E-state index contributed by atoms with van der Waals surface area (Å²) in [4.78, 5) is 2.44. The van der Waals surface area contributed by atoms with Crippen LogP contribution in [0.25, 0.3) is 53.2 Å². The van der Waals surface area contributed by atoms with E-state index < -0.39 is 5.41 Å². The zero-order valence-electron chi connectivity index (χ0n) is 28.2. The fraction of sp³-hybridized carbons (Fsp3) is 0.0204. The molecule has 0 amide bonds. The van der Waals surface area contributed by atoms with E-state index in [9.17, 15) is 0 Å². The SMILES string of the molecule is c1ccc(C2(c3ccccc3)c3ccccc3-c3c(N(c4ccc5c(c4)oc4ccccc45)c4ccc5sc6ccccc6c5c4)cccc32)cc1. The average molecular weight is 682 g/mol. The van der Waals surface area contributed by atoms with E-state index in [1.54, 1.807) is 0 Å². The standard InChI is InChI=1S/C49H31NOS/c1-3-14-32(15-4-1)49(33-16-5-2-6-17-33)41-21-10-7-20-39(41)48-42(49)22-13-23-43(48)50(34-27-29-47-40(30-34)38-19-9-12-25-46(38)52-47)35-26-28-37-36-18-8-11-24-44(36)51-45(37)31-35/h1-31H. The first-order chi connectivity index (χ1) is 25.8. The first kappa shape index (κ1) is 29.3. The van der Waals surface area contributed by atoms with E-state index in [1.807, 2.05) is 17.4 Å². The maximum Gasteiger partial charge on any atom is 0.137 e. The Morgan fingerprint density at radius 3 is 1.87 bits per heavy atom. The van der Waals surface area contributed by atoms with Crippen LogP contribution in [0.5, 0.6) is 0 Å². The summed E-state index contributed by atoms with van der Waals surface area (Å²) < 4.78 is 9.09. The summed E-state index contributed by atoms with van der Waals surface area (Å²) in [5.74, 6) is 0. The minimum Gasteiger partial charge on any atom is -0.456 e. The molecule has 0 radical (unpaired) electrons. The van der Waals surface area contributed by atoms with Gasteiger partial charge in [-0.15, -0.1) is 11.3 Å². The lowest BCUT2D eigenvalue weighted by molar-refractivity contribution is 0.669. The van der Waals surface area contributed by atoms with Crippen molar-refractivity contribution in [2.45, 2.75) is 5.41 Å². The maximum absolute atomic E-state index is 6.50. The van der Waals surface area contributed by atoms with E-state index >= 15 is 0 Å². The molecule has 0 unspecified atom stereocenters. The first-order valence-electron chi connectivity index (χ1n) is 17.8. The highest BCUT2D eigenvalue weighted by molar-refractivity contribution is 7.25. The molecule has 8 aromatic carbocycles. The Labute approximate surface area is 305 Å². The van der Waals surface area contributed by atoms with Crippen molar-refractivity contribution >= 4 is 70.5 Å². The summed E-state index contributed by atoms with van der Waals surface area (Å²) in [5, 5.41) is 4.80. The molecular formula is C49H31NOS. The van der Waals surface area contributed by atoms with Gasteiger partial charge in [-0.25, -0.2) is 0 Å². The van der Waals surface area contributed by atoms with Gasteiger partial charge in [0.05, 0.1) is 11.1 Å². The summed E-state index contributed by atoms with van der Waals surface area (Å²) in [5.41, 5.74) is 12.1. The number of fused-ring (bicyclic) bond motifs is 9. The molecule has 0 bridgehead atoms. The van der Waals surface area contributed by atoms with Gasteiger partial charge in [0.25, 0.3) is 0 Å². The number of thiophene rings is 1. The van der Waals surface area contributed by atoms with Gasteiger partial charge in [-0.05, 0) is 76.3 Å². The van der Waals surface area contributed by atoms with Crippen molar-refractivity contribution in [2.24, 2.45) is 0 Å². The van der Waals surface area contributed by atoms with Crippen molar-refractivity contribution in [3.05, 3.63) is 210 Å². The lowest BCUT2D eigenvalue weighted by Gasteiger charge is -2.34. The van der Waals surface area contributed by atoms with Crippen LogP contribution in [0.15, 0.2) is 192 Å². The largest absolute Gasteiger partial charge is 0.456 e. The first-order valence-corrected chi connectivity index (χ1v) is 18.6. The molecule has 52 heavy (non-hydrogen) atoms. The van der Waals surface area contributed by atoms with Crippen LogP contribution in [-0.2, 0) is 5.41 Å². The zero-order chi connectivity index (χ0) is 34.2. The second kappa shape index (κ2) is 11.3. The van der Waals surface area contributed by atoms with Gasteiger partial charge in [-0.1, -0.05) is 133 Å². The third-order valence-electron chi connectivity index (χ3n) is 10.9. The van der Waals surface area contributed by atoms with E-state index in [0.29, 0.717) is 0 Å². The molecule has 3 heteroatoms. The van der Waals surface area contributed by atoms with Crippen LogP contribution in [0.2, 0.25) is 0 Å². The molecule has 0 aliphatic heterocycles. The third kappa shape index (κ3) is 4.11. The predicted molar refractivity (Wildman–Crippen MR) is 219 cm³/mol. The molecule has 2 heterocycles. The van der Waals surface area contributed by atoms with Crippen LogP contribution < -0.4 is 4.90 Å². The lowest BCUT2D eigenvalue weighted by atomic mass is 9.68. The molecule has 0 spiro atoms. The fourth-order valence-electron chi connectivity index (χ4n) is 8.79. The Morgan fingerprint density at radius 1 is 0.423 bits per heavy atom. The van der Waals surface area contributed by atoms with Gasteiger partial charge in [-0.2, -0.15) is 0 Å². The van der Waals surface area contributed by atoms with E-state index in [-0.39, 0.29) is 0 Å². The highest BCUT2D eigenvalue weighted by atomic mass is 32.1. The Balaban J connectivity index is 1.23. The number of hydrogen-bond donors (Lipinski definition) is 0. The van der Waals surface area contributed by atoms with Gasteiger partial charge < -0.3 is 9.32 Å². The summed E-state index contributed by atoms with van der Waals surface area (Å²) in [6.07, 6.45) is 0. The van der Waals surface area contributed by atoms with Gasteiger partial charge in [0.1, 0.15) is 11.2 Å². The van der Waals surface area contributed by atoms with Gasteiger partial charge >= 0.3 is 0 Å². The predicted octanol–water partition coefficient (Wildman–Crippen LogP) is 13.8. The molecular weight excluding hydrogens is 651 g/mol. The number of hydrogen-bond acceptors (Lipinski definition) is 3. The quantitative estimate of drug-likeness (QED) is 0.180. The number of benzene rings is 8. The van der Waals surface area contributed by atoms with Crippen molar-refractivity contribution in [3.8, 4) is 11.1 Å². The number of para-hydroxylation sites is 1. The zero-order valence-corrected chi connectivity index (χ0v) is 29.0.